The predicted molar refractivity (Wildman–Crippen MR) is 71.2 cm³/mol. The van der Waals surface area contributed by atoms with Crippen LogP contribution >= 0.6 is 11.3 Å². The Morgan fingerprint density at radius 3 is 2.71 bits per heavy atom. The number of nitrogens with one attached hydrogen (secondary N) is 1. The topological polar surface area (TPSA) is 42.0 Å². The van der Waals surface area contributed by atoms with E-state index in [0.29, 0.717) is 11.6 Å². The quantitative estimate of drug-likeness (QED) is 0.901. The van der Waals surface area contributed by atoms with Gasteiger partial charge in [-0.3, -0.25) is 4.79 Å². The van der Waals surface area contributed by atoms with E-state index in [2.05, 4.69) is 10.3 Å². The number of carbonyl (C=O) groups is 1. The minimum Gasteiger partial charge on any atom is -0.302 e. The van der Waals surface area contributed by atoms with Gasteiger partial charge >= 0.3 is 0 Å². The molecule has 3 nitrogen and oxygen atoms in total. The van der Waals surface area contributed by atoms with E-state index in [1.165, 1.54) is 11.3 Å². The van der Waals surface area contributed by atoms with Crippen molar-refractivity contribution in [2.75, 3.05) is 5.32 Å². The highest BCUT2D eigenvalue weighted by molar-refractivity contribution is 7.19. The first kappa shape index (κ1) is 11.8. The van der Waals surface area contributed by atoms with Crippen LogP contribution in [0.25, 0.3) is 10.4 Å². The van der Waals surface area contributed by atoms with Gasteiger partial charge in [0.15, 0.2) is 5.13 Å². The zero-order valence-electron chi connectivity index (χ0n) is 9.86. The highest BCUT2D eigenvalue weighted by Crippen LogP contribution is 2.32. The Bertz CT molecular complexity index is 519. The number of nitrogens with zero attached hydrogens (tertiary/aromatic N) is 1. The van der Waals surface area contributed by atoms with Gasteiger partial charge in [-0.15, -0.1) is 0 Å². The molecule has 0 unspecified atom stereocenters. The van der Waals surface area contributed by atoms with E-state index in [0.717, 1.165) is 16.1 Å². The van der Waals surface area contributed by atoms with Crippen molar-refractivity contribution < 1.29 is 4.79 Å². The average molecular weight is 246 g/mol. The number of anilines is 1. The first-order valence-electron chi connectivity index (χ1n) is 5.53. The van der Waals surface area contributed by atoms with Crippen LogP contribution in [0.1, 0.15) is 19.0 Å². The van der Waals surface area contributed by atoms with Crippen molar-refractivity contribution in [2.45, 2.75) is 20.3 Å². The summed E-state index contributed by atoms with van der Waals surface area (Å²) in [6.45, 7) is 3.79. The molecule has 0 radical (unpaired) electrons. The molecule has 1 heterocycles. The van der Waals surface area contributed by atoms with Gasteiger partial charge in [-0.25, -0.2) is 4.98 Å². The van der Waals surface area contributed by atoms with Crippen LogP contribution in [0.2, 0.25) is 0 Å². The Labute approximate surface area is 105 Å². The molecule has 1 amide bonds. The van der Waals surface area contributed by atoms with Crippen molar-refractivity contribution in [3.63, 3.8) is 0 Å². The molecule has 1 aromatic carbocycles. The molecule has 4 heteroatoms. The minimum absolute atomic E-state index is 0.00152. The molecule has 88 valence electrons. The van der Waals surface area contributed by atoms with Crippen molar-refractivity contribution in [3.8, 4) is 10.4 Å². The zero-order valence-corrected chi connectivity index (χ0v) is 10.7. The van der Waals surface area contributed by atoms with Gasteiger partial charge in [-0.1, -0.05) is 48.6 Å². The lowest BCUT2D eigenvalue weighted by Crippen LogP contribution is -2.08. The van der Waals surface area contributed by atoms with Crippen molar-refractivity contribution in [3.05, 3.63) is 36.0 Å². The summed E-state index contributed by atoms with van der Waals surface area (Å²) >= 11 is 1.51. The molecule has 0 spiro atoms. The number of thiazole rings is 1. The third-order valence-corrected chi connectivity index (χ3v) is 3.52. The van der Waals surface area contributed by atoms with Crippen molar-refractivity contribution in [2.24, 2.45) is 0 Å². The highest BCUT2D eigenvalue weighted by Gasteiger charge is 2.10. The highest BCUT2D eigenvalue weighted by atomic mass is 32.1. The normalized spacial score (nSPS) is 10.2. The molecule has 17 heavy (non-hydrogen) atoms. The molecule has 0 atom stereocenters. The van der Waals surface area contributed by atoms with Crippen LogP contribution < -0.4 is 5.32 Å². The van der Waals surface area contributed by atoms with Crippen LogP contribution in [0.4, 0.5) is 5.13 Å². The fourth-order valence-corrected chi connectivity index (χ4v) is 2.50. The van der Waals surface area contributed by atoms with Gasteiger partial charge in [0.1, 0.15) is 0 Å². The summed E-state index contributed by atoms with van der Waals surface area (Å²) in [5.41, 5.74) is 2.09. The molecule has 0 saturated heterocycles. The lowest BCUT2D eigenvalue weighted by atomic mass is 10.2. The van der Waals surface area contributed by atoms with Gasteiger partial charge in [0, 0.05) is 6.42 Å². The number of hydrogen-bond acceptors (Lipinski definition) is 3. The number of amides is 1. The van der Waals surface area contributed by atoms with Crippen LogP contribution in [0.15, 0.2) is 30.3 Å². The zero-order chi connectivity index (χ0) is 12.3. The molecular formula is C13H14N2OS. The molecule has 0 aliphatic heterocycles. The van der Waals surface area contributed by atoms with E-state index in [1.54, 1.807) is 0 Å². The van der Waals surface area contributed by atoms with E-state index >= 15 is 0 Å². The summed E-state index contributed by atoms with van der Waals surface area (Å²) in [6, 6.07) is 10.1. The second-order valence-corrected chi connectivity index (χ2v) is 4.70. The molecular weight excluding hydrogens is 232 g/mol. The van der Waals surface area contributed by atoms with Crippen LogP contribution in [-0.2, 0) is 4.79 Å². The monoisotopic (exact) mass is 246 g/mol. The van der Waals surface area contributed by atoms with Crippen molar-refractivity contribution >= 4 is 22.4 Å². The Balaban J connectivity index is 2.28. The Kier molecular flexibility index (Phi) is 3.54. The third-order valence-electron chi connectivity index (χ3n) is 2.40. The molecule has 1 N–H and O–H groups in total. The summed E-state index contributed by atoms with van der Waals surface area (Å²) in [5.74, 6) is -0.00152. The number of aromatic nitrogens is 1. The maximum absolute atomic E-state index is 11.3. The maximum Gasteiger partial charge on any atom is 0.225 e. The van der Waals surface area contributed by atoms with Crippen LogP contribution in [0.5, 0.6) is 0 Å². The first-order chi connectivity index (χ1) is 8.20. The fourth-order valence-electron chi connectivity index (χ4n) is 1.51. The molecule has 0 saturated carbocycles. The predicted octanol–water partition coefficient (Wildman–Crippen LogP) is 3.47. The molecule has 0 fully saturated rings. The standard InChI is InChI=1S/C13H14N2OS/c1-3-11(16)15-13-14-9(2)12(17-13)10-7-5-4-6-8-10/h4-8H,3H2,1-2H3,(H,14,15,16). The van der Waals surface area contributed by atoms with Crippen LogP contribution in [0, 0.1) is 6.92 Å². The van der Waals surface area contributed by atoms with E-state index in [4.69, 9.17) is 0 Å². The summed E-state index contributed by atoms with van der Waals surface area (Å²) < 4.78 is 0. The summed E-state index contributed by atoms with van der Waals surface area (Å²) in [7, 11) is 0. The first-order valence-corrected chi connectivity index (χ1v) is 6.35. The van der Waals surface area contributed by atoms with Gasteiger partial charge < -0.3 is 5.32 Å². The maximum atomic E-state index is 11.3. The summed E-state index contributed by atoms with van der Waals surface area (Å²) in [6.07, 6.45) is 0.472. The molecule has 0 aliphatic rings. The Morgan fingerprint density at radius 1 is 1.35 bits per heavy atom. The van der Waals surface area contributed by atoms with Crippen LogP contribution in [0.3, 0.4) is 0 Å². The molecule has 0 bridgehead atoms. The van der Waals surface area contributed by atoms with E-state index in [9.17, 15) is 4.79 Å². The number of carbonyl (C=O) groups excluding carboxylic acids is 1. The second kappa shape index (κ2) is 5.10. The third kappa shape index (κ3) is 2.71. The number of aryl methyl sites for hydroxylation is 1. The second-order valence-electron chi connectivity index (χ2n) is 3.70. The van der Waals surface area contributed by atoms with E-state index in [1.807, 2.05) is 44.2 Å². The van der Waals surface area contributed by atoms with Gasteiger partial charge in [0.05, 0.1) is 10.6 Å². The SMILES string of the molecule is CCC(=O)Nc1nc(C)c(-c2ccccc2)s1. The fraction of sp³-hybridized carbons (Fsp3) is 0.231. The van der Waals surface area contributed by atoms with Gasteiger partial charge in [0.2, 0.25) is 5.91 Å². The van der Waals surface area contributed by atoms with Gasteiger partial charge in [-0.05, 0) is 12.5 Å². The Hall–Kier alpha value is -1.68. The summed E-state index contributed by atoms with van der Waals surface area (Å²) in [4.78, 5) is 16.8. The largest absolute Gasteiger partial charge is 0.302 e. The molecule has 2 aromatic rings. The summed E-state index contributed by atoms with van der Waals surface area (Å²) in [5, 5.41) is 3.47. The van der Waals surface area contributed by atoms with Crippen molar-refractivity contribution in [1.82, 2.24) is 4.98 Å². The van der Waals surface area contributed by atoms with Crippen molar-refractivity contribution in [1.29, 1.82) is 0 Å². The van der Waals surface area contributed by atoms with Gasteiger partial charge in [0.25, 0.3) is 0 Å². The van der Waals surface area contributed by atoms with Gasteiger partial charge in [-0.2, -0.15) is 0 Å². The smallest absolute Gasteiger partial charge is 0.225 e. The number of benzene rings is 1. The number of hydrogen-bond donors (Lipinski definition) is 1. The lowest BCUT2D eigenvalue weighted by Gasteiger charge is -1.97. The minimum atomic E-state index is -0.00152. The number of rotatable bonds is 3. The van der Waals surface area contributed by atoms with E-state index < -0.39 is 0 Å². The molecule has 1 aromatic heterocycles. The lowest BCUT2D eigenvalue weighted by molar-refractivity contribution is -0.115. The molecule has 0 aliphatic carbocycles. The Morgan fingerprint density at radius 2 is 2.06 bits per heavy atom. The van der Waals surface area contributed by atoms with Crippen LogP contribution in [-0.4, -0.2) is 10.9 Å². The average Bonchev–Trinajstić information content (AvgIpc) is 2.71. The van der Waals surface area contributed by atoms with E-state index in [-0.39, 0.29) is 5.91 Å². The molecule has 2 rings (SSSR count).